The Morgan fingerprint density at radius 3 is 2.96 bits per heavy atom. The first kappa shape index (κ1) is 14.4. The fourth-order valence-electron chi connectivity index (χ4n) is 3.96. The van der Waals surface area contributed by atoms with Crippen LogP contribution in [-0.2, 0) is 11.2 Å². The molecule has 1 saturated heterocycles. The monoisotopic (exact) mass is 311 g/mol. The summed E-state index contributed by atoms with van der Waals surface area (Å²) in [6.07, 6.45) is 5.00. The number of nitrogens with zero attached hydrogens (tertiary/aromatic N) is 3. The third-order valence-corrected chi connectivity index (χ3v) is 5.04. The van der Waals surface area contributed by atoms with Gasteiger partial charge in [-0.1, -0.05) is 29.4 Å². The molecule has 2 unspecified atom stereocenters. The lowest BCUT2D eigenvalue weighted by molar-refractivity contribution is -0.134. The standard InChI is InChI=1S/C18H21N3O2/c1-12-19-17(20-23-12)16-10-5-11-21(16)18(22)15-9-4-7-13-6-2-3-8-14(13)15/h2-3,6,8,15-16H,4-5,7,9-11H2,1H3. The van der Waals surface area contributed by atoms with Crippen molar-refractivity contribution in [2.45, 2.75) is 51.0 Å². The Morgan fingerprint density at radius 2 is 2.13 bits per heavy atom. The van der Waals surface area contributed by atoms with Gasteiger partial charge in [-0.25, -0.2) is 0 Å². The van der Waals surface area contributed by atoms with Crippen molar-refractivity contribution in [3.63, 3.8) is 0 Å². The van der Waals surface area contributed by atoms with E-state index in [0.717, 1.165) is 38.6 Å². The SMILES string of the molecule is Cc1nc(C2CCCN2C(=O)C2CCCc3ccccc32)no1. The van der Waals surface area contributed by atoms with Crippen molar-refractivity contribution >= 4 is 5.91 Å². The highest BCUT2D eigenvalue weighted by atomic mass is 16.5. The normalized spacial score (nSPS) is 23.8. The lowest BCUT2D eigenvalue weighted by atomic mass is 9.82. The molecule has 0 radical (unpaired) electrons. The quantitative estimate of drug-likeness (QED) is 0.855. The van der Waals surface area contributed by atoms with Crippen molar-refractivity contribution in [1.29, 1.82) is 0 Å². The second-order valence-electron chi connectivity index (χ2n) is 6.50. The molecule has 0 saturated carbocycles. The molecule has 1 aromatic heterocycles. The van der Waals surface area contributed by atoms with Crippen molar-refractivity contribution in [2.24, 2.45) is 0 Å². The molecule has 0 bridgehead atoms. The highest BCUT2D eigenvalue weighted by Gasteiger charge is 2.38. The van der Waals surface area contributed by atoms with Crippen LogP contribution in [-0.4, -0.2) is 27.5 Å². The Labute approximate surface area is 135 Å². The van der Waals surface area contributed by atoms with Gasteiger partial charge in [0, 0.05) is 13.5 Å². The molecule has 2 aliphatic rings. The molecule has 1 aromatic carbocycles. The van der Waals surface area contributed by atoms with E-state index < -0.39 is 0 Å². The van der Waals surface area contributed by atoms with Gasteiger partial charge in [-0.3, -0.25) is 4.79 Å². The lowest BCUT2D eigenvalue weighted by Gasteiger charge is -2.31. The van der Waals surface area contributed by atoms with Crippen LogP contribution in [0.2, 0.25) is 0 Å². The maximum Gasteiger partial charge on any atom is 0.230 e. The Bertz CT molecular complexity index is 725. The summed E-state index contributed by atoms with van der Waals surface area (Å²) in [6.45, 7) is 2.57. The van der Waals surface area contributed by atoms with Crippen LogP contribution in [0.4, 0.5) is 0 Å². The maximum absolute atomic E-state index is 13.2. The van der Waals surface area contributed by atoms with E-state index in [1.54, 1.807) is 6.92 Å². The van der Waals surface area contributed by atoms with Crippen LogP contribution in [0.1, 0.15) is 60.5 Å². The van der Waals surface area contributed by atoms with Gasteiger partial charge in [0.25, 0.3) is 0 Å². The summed E-state index contributed by atoms with van der Waals surface area (Å²) >= 11 is 0. The molecule has 2 aromatic rings. The van der Waals surface area contributed by atoms with E-state index in [4.69, 9.17) is 4.52 Å². The number of amides is 1. The summed E-state index contributed by atoms with van der Waals surface area (Å²) in [7, 11) is 0. The number of carbonyl (C=O) groups is 1. The van der Waals surface area contributed by atoms with Crippen LogP contribution in [0, 0.1) is 6.92 Å². The van der Waals surface area contributed by atoms with Crippen molar-refractivity contribution < 1.29 is 9.32 Å². The van der Waals surface area contributed by atoms with Crippen LogP contribution in [0.3, 0.4) is 0 Å². The molecular formula is C18H21N3O2. The second-order valence-corrected chi connectivity index (χ2v) is 6.50. The van der Waals surface area contributed by atoms with Gasteiger partial charge in [-0.05, 0) is 43.2 Å². The smallest absolute Gasteiger partial charge is 0.230 e. The van der Waals surface area contributed by atoms with E-state index in [1.165, 1.54) is 11.1 Å². The molecule has 5 heteroatoms. The van der Waals surface area contributed by atoms with E-state index in [9.17, 15) is 4.79 Å². The van der Waals surface area contributed by atoms with Crippen LogP contribution >= 0.6 is 0 Å². The minimum absolute atomic E-state index is 0.0199. The zero-order valence-corrected chi connectivity index (χ0v) is 13.4. The number of aromatic nitrogens is 2. The van der Waals surface area contributed by atoms with Gasteiger partial charge in [0.2, 0.25) is 11.8 Å². The van der Waals surface area contributed by atoms with E-state index in [-0.39, 0.29) is 17.9 Å². The third-order valence-electron chi connectivity index (χ3n) is 5.04. The Balaban J connectivity index is 1.62. The lowest BCUT2D eigenvalue weighted by Crippen LogP contribution is -2.36. The average molecular weight is 311 g/mol. The van der Waals surface area contributed by atoms with Gasteiger partial charge in [0.05, 0.1) is 12.0 Å². The summed E-state index contributed by atoms with van der Waals surface area (Å²) < 4.78 is 5.11. The predicted octanol–water partition coefficient (Wildman–Crippen LogP) is 3.16. The summed E-state index contributed by atoms with van der Waals surface area (Å²) in [5.74, 6) is 1.41. The number of rotatable bonds is 2. The Hall–Kier alpha value is -2.17. The van der Waals surface area contributed by atoms with Crippen LogP contribution < -0.4 is 0 Å². The molecule has 120 valence electrons. The number of hydrogen-bond acceptors (Lipinski definition) is 4. The predicted molar refractivity (Wildman–Crippen MR) is 84.8 cm³/mol. The number of likely N-dealkylation sites (tertiary alicyclic amines) is 1. The summed E-state index contributed by atoms with van der Waals surface area (Å²) in [6, 6.07) is 8.33. The molecule has 1 fully saturated rings. The molecule has 23 heavy (non-hydrogen) atoms. The highest BCUT2D eigenvalue weighted by Crippen LogP contribution is 2.38. The van der Waals surface area contributed by atoms with Crippen LogP contribution in [0.25, 0.3) is 0 Å². The fraction of sp³-hybridized carbons (Fsp3) is 0.500. The van der Waals surface area contributed by atoms with Crippen molar-refractivity contribution in [2.75, 3.05) is 6.54 Å². The topological polar surface area (TPSA) is 59.2 Å². The van der Waals surface area contributed by atoms with Crippen molar-refractivity contribution in [3.05, 3.63) is 47.1 Å². The molecule has 0 spiro atoms. The molecule has 4 rings (SSSR count). The van der Waals surface area contributed by atoms with Gasteiger partial charge in [0.1, 0.15) is 0 Å². The Morgan fingerprint density at radius 1 is 1.26 bits per heavy atom. The fourth-order valence-corrected chi connectivity index (χ4v) is 3.96. The first-order valence-electron chi connectivity index (χ1n) is 8.42. The van der Waals surface area contributed by atoms with Gasteiger partial charge in [-0.2, -0.15) is 4.98 Å². The zero-order valence-electron chi connectivity index (χ0n) is 13.4. The largest absolute Gasteiger partial charge is 0.340 e. The van der Waals surface area contributed by atoms with Gasteiger partial charge in [-0.15, -0.1) is 0 Å². The number of hydrogen-bond donors (Lipinski definition) is 0. The molecule has 2 heterocycles. The summed E-state index contributed by atoms with van der Waals surface area (Å²) in [5.41, 5.74) is 2.53. The molecule has 2 atom stereocenters. The van der Waals surface area contributed by atoms with Gasteiger partial charge < -0.3 is 9.42 Å². The van der Waals surface area contributed by atoms with Crippen molar-refractivity contribution in [1.82, 2.24) is 15.0 Å². The van der Waals surface area contributed by atoms with E-state index >= 15 is 0 Å². The van der Waals surface area contributed by atoms with Crippen LogP contribution in [0.15, 0.2) is 28.8 Å². The summed E-state index contributed by atoms with van der Waals surface area (Å²) in [4.78, 5) is 19.5. The molecule has 0 N–H and O–H groups in total. The number of carbonyl (C=O) groups excluding carboxylic acids is 1. The number of benzene rings is 1. The van der Waals surface area contributed by atoms with Gasteiger partial charge >= 0.3 is 0 Å². The minimum Gasteiger partial charge on any atom is -0.340 e. The highest BCUT2D eigenvalue weighted by molar-refractivity contribution is 5.85. The molecule has 1 amide bonds. The van der Waals surface area contributed by atoms with Gasteiger partial charge in [0.15, 0.2) is 5.82 Å². The number of aryl methyl sites for hydroxylation is 2. The number of fused-ring (bicyclic) bond motifs is 1. The van der Waals surface area contributed by atoms with E-state index in [1.807, 2.05) is 11.0 Å². The van der Waals surface area contributed by atoms with E-state index in [0.29, 0.717) is 11.7 Å². The maximum atomic E-state index is 13.2. The molecule has 1 aliphatic carbocycles. The Kier molecular flexibility index (Phi) is 3.63. The molecular weight excluding hydrogens is 290 g/mol. The van der Waals surface area contributed by atoms with Crippen molar-refractivity contribution in [3.8, 4) is 0 Å². The van der Waals surface area contributed by atoms with Crippen LogP contribution in [0.5, 0.6) is 0 Å². The molecule has 5 nitrogen and oxygen atoms in total. The average Bonchev–Trinajstić information content (AvgIpc) is 3.22. The first-order chi connectivity index (χ1) is 11.2. The van der Waals surface area contributed by atoms with E-state index in [2.05, 4.69) is 28.3 Å². The first-order valence-corrected chi connectivity index (χ1v) is 8.42. The molecule has 1 aliphatic heterocycles. The summed E-state index contributed by atoms with van der Waals surface area (Å²) in [5, 5.41) is 4.04. The zero-order chi connectivity index (χ0) is 15.8. The second kappa shape index (κ2) is 5.80. The minimum atomic E-state index is -0.0333. The third kappa shape index (κ3) is 2.54.